The van der Waals surface area contributed by atoms with E-state index in [2.05, 4.69) is 5.10 Å². The lowest BCUT2D eigenvalue weighted by atomic mass is 10.2. The molecule has 3 aromatic carbocycles. The van der Waals surface area contributed by atoms with Gasteiger partial charge in [-0.2, -0.15) is 9.40 Å². The van der Waals surface area contributed by atoms with Crippen molar-refractivity contribution < 1.29 is 22.3 Å². The normalized spacial score (nSPS) is 13.6. The average Bonchev–Trinajstić information content (AvgIpc) is 3.68. The monoisotopic (exact) mass is 541 g/mol. The van der Waals surface area contributed by atoms with E-state index < -0.39 is 15.8 Å². The molecule has 192 valence electrons. The third-order valence-electron chi connectivity index (χ3n) is 6.15. The first-order valence-electron chi connectivity index (χ1n) is 11.7. The first-order chi connectivity index (χ1) is 17.8. The van der Waals surface area contributed by atoms with Crippen LogP contribution in [0, 0.1) is 12.7 Å². The molecular weight excluding hydrogens is 517 g/mol. The van der Waals surface area contributed by atoms with Crippen LogP contribution in [0.3, 0.4) is 0 Å². The third kappa shape index (κ3) is 5.34. The van der Waals surface area contributed by atoms with E-state index in [1.54, 1.807) is 60.1 Å². The Bertz CT molecular complexity index is 1520. The van der Waals surface area contributed by atoms with Crippen LogP contribution in [0.25, 0.3) is 5.69 Å². The molecule has 1 aliphatic rings. The molecule has 1 aliphatic carbocycles. The summed E-state index contributed by atoms with van der Waals surface area (Å²) in [6.07, 6.45) is 1.53. The van der Waals surface area contributed by atoms with E-state index in [9.17, 15) is 12.8 Å². The highest BCUT2D eigenvalue weighted by Gasteiger charge is 2.39. The Morgan fingerprint density at radius 3 is 2.38 bits per heavy atom. The van der Waals surface area contributed by atoms with Crippen LogP contribution in [0.2, 0.25) is 5.02 Å². The number of nitrogens with zero attached hydrogens (tertiary/aromatic N) is 3. The molecule has 0 bridgehead atoms. The van der Waals surface area contributed by atoms with Crippen molar-refractivity contribution in [1.29, 1.82) is 0 Å². The van der Waals surface area contributed by atoms with Gasteiger partial charge < -0.3 is 9.47 Å². The summed E-state index contributed by atoms with van der Waals surface area (Å²) in [6, 6.07) is 19.0. The van der Waals surface area contributed by atoms with Crippen molar-refractivity contribution in [3.8, 4) is 23.1 Å². The highest BCUT2D eigenvalue weighted by Crippen LogP contribution is 2.38. The number of aromatic nitrogens is 2. The standard InChI is InChI=1S/C27H25ClFN3O4S/c1-18-26(17-31(21-10-11-21)37(33,34)25-14-12-23(35-2)13-15-25)27(36-24-5-3-4-20(29)16-24)32(30-18)22-8-6-19(28)7-9-22/h3-9,12-16,21H,10-11,17H2,1-2H3. The zero-order valence-corrected chi connectivity index (χ0v) is 21.8. The zero-order valence-electron chi connectivity index (χ0n) is 20.3. The van der Waals surface area contributed by atoms with Crippen LogP contribution in [0.1, 0.15) is 24.1 Å². The maximum absolute atomic E-state index is 14.0. The van der Waals surface area contributed by atoms with Crippen molar-refractivity contribution in [3.05, 3.63) is 94.9 Å². The second-order valence-corrected chi connectivity index (χ2v) is 11.1. The van der Waals surface area contributed by atoms with E-state index in [-0.39, 0.29) is 23.2 Å². The molecule has 1 heterocycles. The Labute approximate surface area is 220 Å². The molecule has 4 aromatic rings. The number of hydrogen-bond donors (Lipinski definition) is 0. The van der Waals surface area contributed by atoms with E-state index in [1.807, 2.05) is 0 Å². The molecule has 7 nitrogen and oxygen atoms in total. The smallest absolute Gasteiger partial charge is 0.243 e. The molecule has 0 amide bonds. The van der Waals surface area contributed by atoms with Crippen LogP contribution in [-0.4, -0.2) is 35.7 Å². The molecule has 37 heavy (non-hydrogen) atoms. The van der Waals surface area contributed by atoms with Gasteiger partial charge in [-0.3, -0.25) is 0 Å². The highest BCUT2D eigenvalue weighted by molar-refractivity contribution is 7.89. The lowest BCUT2D eigenvalue weighted by Gasteiger charge is -2.22. The topological polar surface area (TPSA) is 73.7 Å². The predicted octanol–water partition coefficient (Wildman–Crippen LogP) is 6.13. The minimum Gasteiger partial charge on any atom is -0.497 e. The first-order valence-corrected chi connectivity index (χ1v) is 13.5. The van der Waals surface area contributed by atoms with Crippen LogP contribution in [0.15, 0.2) is 77.7 Å². The van der Waals surface area contributed by atoms with Crippen LogP contribution in [0.5, 0.6) is 17.4 Å². The Kier molecular flexibility index (Phi) is 6.94. The first kappa shape index (κ1) is 25.3. The number of sulfonamides is 1. The summed E-state index contributed by atoms with van der Waals surface area (Å²) in [5, 5.41) is 5.22. The van der Waals surface area contributed by atoms with Crippen molar-refractivity contribution in [2.45, 2.75) is 37.2 Å². The molecule has 0 aliphatic heterocycles. The van der Waals surface area contributed by atoms with Crippen molar-refractivity contribution in [2.75, 3.05) is 7.11 Å². The quantitative estimate of drug-likeness (QED) is 0.255. The maximum Gasteiger partial charge on any atom is 0.243 e. The second kappa shape index (κ2) is 10.2. The lowest BCUT2D eigenvalue weighted by molar-refractivity contribution is 0.383. The molecule has 1 saturated carbocycles. The largest absolute Gasteiger partial charge is 0.497 e. The number of rotatable bonds is 9. The molecule has 0 unspecified atom stereocenters. The van der Waals surface area contributed by atoms with Crippen molar-refractivity contribution >= 4 is 21.6 Å². The average molecular weight is 542 g/mol. The van der Waals surface area contributed by atoms with Crippen molar-refractivity contribution in [1.82, 2.24) is 14.1 Å². The van der Waals surface area contributed by atoms with Gasteiger partial charge in [-0.05, 0) is 80.4 Å². The summed E-state index contributed by atoms with van der Waals surface area (Å²) in [5.41, 5.74) is 1.85. The number of aryl methyl sites for hydroxylation is 1. The van der Waals surface area contributed by atoms with Crippen molar-refractivity contribution in [3.63, 3.8) is 0 Å². The van der Waals surface area contributed by atoms with Gasteiger partial charge in [-0.15, -0.1) is 0 Å². The molecule has 5 rings (SSSR count). The summed E-state index contributed by atoms with van der Waals surface area (Å²) in [7, 11) is -2.30. The van der Waals surface area contributed by atoms with Crippen molar-refractivity contribution in [2.24, 2.45) is 0 Å². The second-order valence-electron chi connectivity index (χ2n) is 8.77. The number of hydrogen-bond acceptors (Lipinski definition) is 5. The summed E-state index contributed by atoms with van der Waals surface area (Å²) in [6.45, 7) is 1.84. The van der Waals surface area contributed by atoms with Gasteiger partial charge in [-0.1, -0.05) is 17.7 Å². The molecule has 1 fully saturated rings. The van der Waals surface area contributed by atoms with Gasteiger partial charge in [0.2, 0.25) is 15.9 Å². The Morgan fingerprint density at radius 2 is 1.76 bits per heavy atom. The number of halogens is 2. The van der Waals surface area contributed by atoms with Gasteiger partial charge in [0.25, 0.3) is 0 Å². The Balaban J connectivity index is 1.58. The summed E-state index contributed by atoms with van der Waals surface area (Å²) in [5.74, 6) is 0.700. The fourth-order valence-corrected chi connectivity index (χ4v) is 5.82. The fraction of sp³-hybridized carbons (Fsp3) is 0.222. The Morgan fingerprint density at radius 1 is 1.05 bits per heavy atom. The molecule has 0 atom stereocenters. The highest BCUT2D eigenvalue weighted by atomic mass is 35.5. The number of benzene rings is 3. The lowest BCUT2D eigenvalue weighted by Crippen LogP contribution is -2.33. The van der Waals surface area contributed by atoms with Crippen LogP contribution in [0.4, 0.5) is 4.39 Å². The van der Waals surface area contributed by atoms with Gasteiger partial charge in [0, 0.05) is 23.7 Å². The van der Waals surface area contributed by atoms with Crippen LogP contribution in [-0.2, 0) is 16.6 Å². The van der Waals surface area contributed by atoms with Gasteiger partial charge >= 0.3 is 0 Å². The molecule has 0 radical (unpaired) electrons. The number of methoxy groups -OCH3 is 1. The van der Waals surface area contributed by atoms with Gasteiger partial charge in [0.05, 0.1) is 29.0 Å². The molecular formula is C27H25ClFN3O4S. The van der Waals surface area contributed by atoms with E-state index in [1.165, 1.54) is 35.7 Å². The zero-order chi connectivity index (χ0) is 26.2. The van der Waals surface area contributed by atoms with Gasteiger partial charge in [-0.25, -0.2) is 17.5 Å². The van der Waals surface area contributed by atoms with Gasteiger partial charge in [0.1, 0.15) is 17.3 Å². The third-order valence-corrected chi connectivity index (χ3v) is 8.32. The van der Waals surface area contributed by atoms with Gasteiger partial charge in [0.15, 0.2) is 0 Å². The molecule has 0 spiro atoms. The maximum atomic E-state index is 14.0. The van der Waals surface area contributed by atoms with Crippen LogP contribution < -0.4 is 9.47 Å². The Hall–Kier alpha value is -3.40. The van der Waals surface area contributed by atoms with E-state index in [4.69, 9.17) is 21.1 Å². The summed E-state index contributed by atoms with van der Waals surface area (Å²) >= 11 is 6.08. The van der Waals surface area contributed by atoms with E-state index in [0.717, 1.165) is 12.8 Å². The van der Waals surface area contributed by atoms with E-state index in [0.29, 0.717) is 33.6 Å². The predicted molar refractivity (Wildman–Crippen MR) is 139 cm³/mol. The summed E-state index contributed by atoms with van der Waals surface area (Å²) < 4.78 is 55.8. The summed E-state index contributed by atoms with van der Waals surface area (Å²) in [4.78, 5) is 0.176. The molecule has 0 saturated heterocycles. The minimum absolute atomic E-state index is 0.0447. The molecule has 10 heteroatoms. The molecule has 1 aromatic heterocycles. The fourth-order valence-electron chi connectivity index (χ4n) is 4.04. The number of ether oxygens (including phenoxy) is 2. The SMILES string of the molecule is COc1ccc(S(=O)(=O)N(Cc2c(C)nn(-c3ccc(Cl)cc3)c2Oc2cccc(F)c2)C2CC2)cc1. The molecule has 0 N–H and O–H groups in total. The van der Waals surface area contributed by atoms with Crippen LogP contribution >= 0.6 is 11.6 Å². The van der Waals surface area contributed by atoms with E-state index >= 15 is 0 Å². The minimum atomic E-state index is -3.83.